The number of rotatable bonds is 7. The van der Waals surface area contributed by atoms with Crippen molar-refractivity contribution in [2.45, 2.75) is 0 Å². The fourth-order valence-corrected chi connectivity index (χ4v) is 9.15. The highest BCUT2D eigenvalue weighted by Crippen LogP contribution is 2.32. The van der Waals surface area contributed by atoms with Gasteiger partial charge in [-0.05, 0) is 106 Å². The summed E-state index contributed by atoms with van der Waals surface area (Å²) in [6.45, 7) is 0. The maximum atomic E-state index is 10.7. The molecule has 0 fully saturated rings. The highest BCUT2D eigenvalue weighted by molar-refractivity contribution is 9.11. The fourth-order valence-electron chi connectivity index (χ4n) is 6.45. The third kappa shape index (κ3) is 12.6. The van der Waals surface area contributed by atoms with E-state index in [0.717, 1.165) is 68.0 Å². The van der Waals surface area contributed by atoms with Crippen LogP contribution in [0.15, 0.2) is 218 Å². The van der Waals surface area contributed by atoms with Crippen molar-refractivity contribution in [2.75, 3.05) is 0 Å². The minimum absolute atomic E-state index is 0.452. The number of carbonyl (C=O) groups excluding carboxylic acids is 1. The second-order valence-electron chi connectivity index (χ2n) is 13.8. The van der Waals surface area contributed by atoms with E-state index in [-0.39, 0.29) is 0 Å². The first-order valence-corrected chi connectivity index (χ1v) is 22.9. The number of carbonyl (C=O) groups is 1. The molecule has 9 rings (SSSR count). The van der Waals surface area contributed by atoms with E-state index in [1.54, 1.807) is 12.1 Å². The molecule has 0 bridgehead atoms. The molecule has 0 N–H and O–H groups in total. The van der Waals surface area contributed by atoms with Gasteiger partial charge in [-0.25, -0.2) is 15.0 Å². The zero-order valence-electron chi connectivity index (χ0n) is 33.1. The van der Waals surface area contributed by atoms with Crippen LogP contribution in [0.5, 0.6) is 0 Å². The molecule has 0 unspecified atom stereocenters. The lowest BCUT2D eigenvalue weighted by atomic mass is 10.0. The van der Waals surface area contributed by atoms with Gasteiger partial charge in [0.1, 0.15) is 0 Å². The second kappa shape index (κ2) is 22.0. The van der Waals surface area contributed by atoms with Crippen molar-refractivity contribution in [1.82, 2.24) is 15.0 Å². The normalized spacial score (nSPS) is 10.3. The molecule has 1 heterocycles. The summed E-state index contributed by atoms with van der Waals surface area (Å²) in [4.78, 5) is 25.5. The number of hydrogen-bond donors (Lipinski definition) is 0. The molecular formula is C53H33Br4ClN4O. The van der Waals surface area contributed by atoms with Gasteiger partial charge in [-0.1, -0.05) is 203 Å². The molecule has 1 aromatic heterocycles. The van der Waals surface area contributed by atoms with Gasteiger partial charge >= 0.3 is 0 Å². The molecule has 306 valence electrons. The van der Waals surface area contributed by atoms with Crippen LogP contribution in [0.1, 0.15) is 15.9 Å². The lowest BCUT2D eigenvalue weighted by Crippen LogP contribution is -2.00. The van der Waals surface area contributed by atoms with E-state index in [1.165, 1.54) is 0 Å². The SMILES string of the molecule is Brc1cc(Br)cc(-c2nc(-c3cccc(-c4ccccc4)c3)nc(-c3cccc(-c4ccccc4)c3)n2)c1.N#Cc1cccc(-c2ccccc2)c1.O=C(Cl)c1cc(Br)cc(Br)c1. The quantitative estimate of drug-likeness (QED) is 0.149. The molecule has 0 spiro atoms. The molecule has 0 saturated heterocycles. The monoisotopic (exact) mass is 1090 g/mol. The molecule has 0 aliphatic rings. The summed E-state index contributed by atoms with van der Waals surface area (Å²) in [6.07, 6.45) is 0. The second-order valence-corrected chi connectivity index (χ2v) is 17.9. The van der Waals surface area contributed by atoms with E-state index < -0.39 is 5.24 Å². The van der Waals surface area contributed by atoms with E-state index in [0.29, 0.717) is 28.6 Å². The highest BCUT2D eigenvalue weighted by atomic mass is 79.9. The predicted octanol–water partition coefficient (Wildman–Crippen LogP) is 16.5. The topological polar surface area (TPSA) is 79.5 Å². The van der Waals surface area contributed by atoms with Crippen LogP contribution in [0.2, 0.25) is 0 Å². The van der Waals surface area contributed by atoms with Gasteiger partial charge in [0.15, 0.2) is 17.5 Å². The number of hydrogen-bond acceptors (Lipinski definition) is 5. The van der Waals surface area contributed by atoms with E-state index in [2.05, 4.69) is 118 Å². The smallest absolute Gasteiger partial charge is 0.252 e. The van der Waals surface area contributed by atoms with Crippen molar-refractivity contribution in [3.05, 3.63) is 229 Å². The molecule has 0 aliphatic carbocycles. The molecule has 0 atom stereocenters. The molecular weight excluding hydrogens is 1060 g/mol. The van der Waals surface area contributed by atoms with Gasteiger partial charge in [-0.3, -0.25) is 4.79 Å². The van der Waals surface area contributed by atoms with E-state index in [9.17, 15) is 4.79 Å². The summed E-state index contributed by atoms with van der Waals surface area (Å²) in [6, 6.07) is 68.4. The molecule has 8 aromatic carbocycles. The summed E-state index contributed by atoms with van der Waals surface area (Å²) >= 11 is 19.0. The average molecular weight is 1100 g/mol. The van der Waals surface area contributed by atoms with Gasteiger partial charge in [0.2, 0.25) is 0 Å². The number of halogens is 5. The Bertz CT molecular complexity index is 2910. The van der Waals surface area contributed by atoms with Gasteiger partial charge in [0, 0.05) is 40.1 Å². The Balaban J connectivity index is 0.000000193. The zero-order valence-corrected chi connectivity index (χ0v) is 40.2. The summed E-state index contributed by atoms with van der Waals surface area (Å²) in [7, 11) is 0. The lowest BCUT2D eigenvalue weighted by molar-refractivity contribution is 0.108. The standard InChI is InChI=1S/C33H21Br2N3.C13H9N.C7H3Br2ClO/c34-29-19-28(20-30(35)21-29)33-37-31(26-15-7-13-24(17-26)22-9-3-1-4-10-22)36-32(38-33)27-16-8-14-25(18-27)23-11-5-2-6-12-23;14-10-11-5-4-8-13(9-11)12-6-2-1-3-7-12;8-5-1-4(7(10)11)2-6(9)3-5/h1-21H;1-9H;1-3H. The number of nitriles is 1. The van der Waals surface area contributed by atoms with Crippen LogP contribution in [-0.4, -0.2) is 20.2 Å². The molecule has 9 aromatic rings. The van der Waals surface area contributed by atoms with Gasteiger partial charge in [-0.15, -0.1) is 0 Å². The first-order valence-electron chi connectivity index (χ1n) is 19.4. The lowest BCUT2D eigenvalue weighted by Gasteiger charge is -2.11. The van der Waals surface area contributed by atoms with Crippen LogP contribution in [-0.2, 0) is 0 Å². The summed E-state index contributed by atoms with van der Waals surface area (Å²) in [5, 5.41) is 8.31. The van der Waals surface area contributed by atoms with Crippen molar-refractivity contribution < 1.29 is 4.79 Å². The highest BCUT2D eigenvalue weighted by Gasteiger charge is 2.15. The Labute approximate surface area is 405 Å². The first-order chi connectivity index (χ1) is 30.6. The molecule has 0 amide bonds. The Morgan fingerprint density at radius 2 is 0.714 bits per heavy atom. The van der Waals surface area contributed by atoms with Gasteiger partial charge in [-0.2, -0.15) is 5.26 Å². The number of nitrogens with zero attached hydrogens (tertiary/aromatic N) is 4. The summed E-state index contributed by atoms with van der Waals surface area (Å²) in [5.41, 5.74) is 10.7. The minimum Gasteiger partial charge on any atom is -0.276 e. The maximum Gasteiger partial charge on any atom is 0.252 e. The van der Waals surface area contributed by atoms with Crippen LogP contribution in [0.3, 0.4) is 0 Å². The maximum absolute atomic E-state index is 10.7. The van der Waals surface area contributed by atoms with Gasteiger partial charge in [0.05, 0.1) is 11.6 Å². The molecule has 10 heteroatoms. The third-order valence-electron chi connectivity index (χ3n) is 9.40. The van der Waals surface area contributed by atoms with Crippen LogP contribution < -0.4 is 0 Å². The fraction of sp³-hybridized carbons (Fsp3) is 0. The Hall–Kier alpha value is -5.86. The van der Waals surface area contributed by atoms with E-state index in [4.69, 9.17) is 31.8 Å². The summed E-state index contributed by atoms with van der Waals surface area (Å²) in [5.74, 6) is 1.87. The molecule has 0 aliphatic heterocycles. The zero-order chi connectivity index (χ0) is 44.1. The van der Waals surface area contributed by atoms with Gasteiger partial charge in [0.25, 0.3) is 5.24 Å². The number of benzene rings is 8. The minimum atomic E-state index is -0.452. The van der Waals surface area contributed by atoms with E-state index >= 15 is 0 Å². The van der Waals surface area contributed by atoms with Crippen molar-refractivity contribution >= 4 is 80.6 Å². The summed E-state index contributed by atoms with van der Waals surface area (Å²) < 4.78 is 3.55. The van der Waals surface area contributed by atoms with Crippen LogP contribution in [0.4, 0.5) is 0 Å². The van der Waals surface area contributed by atoms with Gasteiger partial charge < -0.3 is 0 Å². The Kier molecular flexibility index (Phi) is 15.8. The van der Waals surface area contributed by atoms with E-state index in [1.807, 2.05) is 140 Å². The molecule has 5 nitrogen and oxygen atoms in total. The largest absolute Gasteiger partial charge is 0.276 e. The van der Waals surface area contributed by atoms with Crippen molar-refractivity contribution in [3.8, 4) is 73.6 Å². The van der Waals surface area contributed by atoms with Crippen molar-refractivity contribution in [3.63, 3.8) is 0 Å². The van der Waals surface area contributed by atoms with Crippen molar-refractivity contribution in [2.24, 2.45) is 0 Å². The third-order valence-corrected chi connectivity index (χ3v) is 11.4. The average Bonchev–Trinajstić information content (AvgIpc) is 3.32. The molecule has 63 heavy (non-hydrogen) atoms. The van der Waals surface area contributed by atoms with Crippen LogP contribution in [0.25, 0.3) is 67.5 Å². The molecule has 0 saturated carbocycles. The number of aromatic nitrogens is 3. The first kappa shape index (κ1) is 45.2. The Morgan fingerprint density at radius 1 is 0.381 bits per heavy atom. The predicted molar refractivity (Wildman–Crippen MR) is 271 cm³/mol. The van der Waals surface area contributed by atoms with Crippen LogP contribution in [0, 0.1) is 11.3 Å². The van der Waals surface area contributed by atoms with Crippen molar-refractivity contribution in [1.29, 1.82) is 5.26 Å². The Morgan fingerprint density at radius 3 is 1.11 bits per heavy atom. The van der Waals surface area contributed by atoms with Crippen LogP contribution >= 0.6 is 75.3 Å². The molecule has 0 radical (unpaired) electrons.